The predicted molar refractivity (Wildman–Crippen MR) is 121 cm³/mol. The second-order valence-electron chi connectivity index (χ2n) is 7.52. The standard InChI is InChI=1S/C26H23N3O2/c1-2-6-22(7-3-1)26-28-24-17-21(10-13-25(24)31-26)18-30-23-11-8-20(9-12-23)5-4-15-29-16-14-27-19-29/h1-3,6-14,16-17,19H,4-5,15,18H2. The summed E-state index contributed by atoms with van der Waals surface area (Å²) in [7, 11) is 0. The van der Waals surface area contributed by atoms with Crippen LogP contribution in [-0.2, 0) is 19.6 Å². The highest BCUT2D eigenvalue weighted by atomic mass is 16.5. The first kappa shape index (κ1) is 19.1. The van der Waals surface area contributed by atoms with Gasteiger partial charge < -0.3 is 13.7 Å². The highest BCUT2D eigenvalue weighted by molar-refractivity contribution is 5.76. The fraction of sp³-hybridized carbons (Fsp3) is 0.154. The topological polar surface area (TPSA) is 53.1 Å². The van der Waals surface area contributed by atoms with E-state index < -0.39 is 0 Å². The Morgan fingerprint density at radius 3 is 2.55 bits per heavy atom. The van der Waals surface area contributed by atoms with Crippen LogP contribution in [0.25, 0.3) is 22.6 Å². The lowest BCUT2D eigenvalue weighted by molar-refractivity contribution is 0.306. The summed E-state index contributed by atoms with van der Waals surface area (Å²) in [6.45, 7) is 1.47. The van der Waals surface area contributed by atoms with E-state index >= 15 is 0 Å². The van der Waals surface area contributed by atoms with Crippen LogP contribution in [0.1, 0.15) is 17.5 Å². The maximum Gasteiger partial charge on any atom is 0.227 e. The summed E-state index contributed by atoms with van der Waals surface area (Å²) in [4.78, 5) is 8.70. The molecule has 5 rings (SSSR count). The van der Waals surface area contributed by atoms with Crippen molar-refractivity contribution in [1.82, 2.24) is 14.5 Å². The van der Waals surface area contributed by atoms with Gasteiger partial charge in [-0.25, -0.2) is 9.97 Å². The zero-order valence-corrected chi connectivity index (χ0v) is 17.1. The Balaban J connectivity index is 1.18. The number of rotatable bonds is 8. The van der Waals surface area contributed by atoms with E-state index in [2.05, 4.69) is 26.7 Å². The highest BCUT2D eigenvalue weighted by Gasteiger charge is 2.09. The van der Waals surface area contributed by atoms with Gasteiger partial charge in [-0.2, -0.15) is 0 Å². The normalized spacial score (nSPS) is 11.1. The number of hydrogen-bond acceptors (Lipinski definition) is 4. The second-order valence-corrected chi connectivity index (χ2v) is 7.52. The number of aryl methyl sites for hydroxylation is 2. The Labute approximate surface area is 181 Å². The summed E-state index contributed by atoms with van der Waals surface area (Å²) in [5.74, 6) is 1.50. The third-order valence-corrected chi connectivity index (χ3v) is 5.24. The van der Waals surface area contributed by atoms with E-state index in [0.29, 0.717) is 12.5 Å². The first-order chi connectivity index (χ1) is 15.3. The third kappa shape index (κ3) is 4.67. The molecule has 154 valence electrons. The van der Waals surface area contributed by atoms with Crippen molar-refractivity contribution < 1.29 is 9.15 Å². The molecule has 0 aliphatic heterocycles. The Morgan fingerprint density at radius 2 is 1.74 bits per heavy atom. The number of ether oxygens (including phenoxy) is 1. The molecule has 5 heteroatoms. The van der Waals surface area contributed by atoms with Crippen molar-refractivity contribution in [3.8, 4) is 17.2 Å². The van der Waals surface area contributed by atoms with Crippen molar-refractivity contribution >= 4 is 11.1 Å². The summed E-state index contributed by atoms with van der Waals surface area (Å²) in [5, 5.41) is 0. The monoisotopic (exact) mass is 409 g/mol. The van der Waals surface area contributed by atoms with Gasteiger partial charge in [-0.3, -0.25) is 0 Å². The maximum atomic E-state index is 5.98. The minimum atomic E-state index is 0.490. The van der Waals surface area contributed by atoms with Crippen LogP contribution in [0.4, 0.5) is 0 Å². The third-order valence-electron chi connectivity index (χ3n) is 5.24. The van der Waals surface area contributed by atoms with Crippen LogP contribution in [0.3, 0.4) is 0 Å². The van der Waals surface area contributed by atoms with Gasteiger partial charge in [-0.05, 0) is 60.4 Å². The molecule has 5 aromatic rings. The molecule has 5 nitrogen and oxygen atoms in total. The number of oxazole rings is 1. The zero-order chi connectivity index (χ0) is 20.9. The number of imidazole rings is 1. The van der Waals surface area contributed by atoms with Gasteiger partial charge in [0.15, 0.2) is 5.58 Å². The lowest BCUT2D eigenvalue weighted by atomic mass is 10.1. The smallest absolute Gasteiger partial charge is 0.227 e. The van der Waals surface area contributed by atoms with Crippen LogP contribution < -0.4 is 4.74 Å². The molecule has 0 radical (unpaired) electrons. The van der Waals surface area contributed by atoms with E-state index in [1.54, 1.807) is 0 Å². The number of aromatic nitrogens is 3. The van der Waals surface area contributed by atoms with E-state index in [1.165, 1.54) is 5.56 Å². The molecule has 0 bridgehead atoms. The van der Waals surface area contributed by atoms with E-state index in [9.17, 15) is 0 Å². The van der Waals surface area contributed by atoms with E-state index in [0.717, 1.165) is 47.4 Å². The second kappa shape index (κ2) is 8.88. The molecule has 3 aromatic carbocycles. The number of hydrogen-bond donors (Lipinski definition) is 0. The SMILES string of the molecule is c1ccc(-c2nc3cc(COc4ccc(CCCn5ccnc5)cc4)ccc3o2)cc1. The highest BCUT2D eigenvalue weighted by Crippen LogP contribution is 2.25. The minimum Gasteiger partial charge on any atom is -0.489 e. The first-order valence-electron chi connectivity index (χ1n) is 10.5. The molecule has 0 spiro atoms. The van der Waals surface area contributed by atoms with Gasteiger partial charge >= 0.3 is 0 Å². The molecule has 0 aliphatic rings. The van der Waals surface area contributed by atoms with Gasteiger partial charge in [0, 0.05) is 24.5 Å². The van der Waals surface area contributed by atoms with E-state index in [4.69, 9.17) is 9.15 Å². The largest absolute Gasteiger partial charge is 0.489 e. The van der Waals surface area contributed by atoms with E-state index in [-0.39, 0.29) is 0 Å². The van der Waals surface area contributed by atoms with Gasteiger partial charge in [0.25, 0.3) is 0 Å². The number of benzene rings is 3. The Morgan fingerprint density at radius 1 is 0.903 bits per heavy atom. The molecule has 31 heavy (non-hydrogen) atoms. The van der Waals surface area contributed by atoms with Crippen LogP contribution >= 0.6 is 0 Å². The quantitative estimate of drug-likeness (QED) is 0.320. The van der Waals surface area contributed by atoms with Crippen LogP contribution in [-0.4, -0.2) is 14.5 Å². The zero-order valence-electron chi connectivity index (χ0n) is 17.1. The van der Waals surface area contributed by atoms with Crippen molar-refractivity contribution in [2.45, 2.75) is 26.0 Å². The molecule has 2 heterocycles. The molecule has 0 saturated heterocycles. The fourth-order valence-corrected chi connectivity index (χ4v) is 3.57. The Kier molecular flexibility index (Phi) is 5.48. The average Bonchev–Trinajstić information content (AvgIpc) is 3.49. The summed E-state index contributed by atoms with van der Waals surface area (Å²) in [5.41, 5.74) is 4.97. The Bertz CT molecular complexity index is 1240. The van der Waals surface area contributed by atoms with Crippen molar-refractivity contribution in [2.75, 3.05) is 0 Å². The molecule has 0 atom stereocenters. The van der Waals surface area contributed by atoms with Crippen molar-refractivity contribution in [2.24, 2.45) is 0 Å². The van der Waals surface area contributed by atoms with Crippen LogP contribution in [0, 0.1) is 0 Å². The van der Waals surface area contributed by atoms with Gasteiger partial charge in [0.2, 0.25) is 5.89 Å². The van der Waals surface area contributed by atoms with Crippen molar-refractivity contribution in [3.63, 3.8) is 0 Å². The van der Waals surface area contributed by atoms with Crippen LogP contribution in [0.15, 0.2) is 95.9 Å². The molecule has 0 N–H and O–H groups in total. The minimum absolute atomic E-state index is 0.490. The van der Waals surface area contributed by atoms with Gasteiger partial charge in [0.1, 0.15) is 17.9 Å². The van der Waals surface area contributed by atoms with Gasteiger partial charge in [-0.1, -0.05) is 36.4 Å². The molecule has 2 aromatic heterocycles. The molecular weight excluding hydrogens is 386 g/mol. The molecule has 0 amide bonds. The fourth-order valence-electron chi connectivity index (χ4n) is 3.57. The lowest BCUT2D eigenvalue weighted by Gasteiger charge is -2.08. The van der Waals surface area contributed by atoms with Crippen LogP contribution in [0.5, 0.6) is 5.75 Å². The number of fused-ring (bicyclic) bond motifs is 1. The number of nitrogens with zero attached hydrogens (tertiary/aromatic N) is 3. The Hall–Kier alpha value is -3.86. The summed E-state index contributed by atoms with van der Waals surface area (Å²) in [6, 6.07) is 24.3. The van der Waals surface area contributed by atoms with E-state index in [1.807, 2.05) is 79.4 Å². The lowest BCUT2D eigenvalue weighted by Crippen LogP contribution is -1.97. The summed E-state index contributed by atoms with van der Waals surface area (Å²) >= 11 is 0. The van der Waals surface area contributed by atoms with Gasteiger partial charge in [-0.15, -0.1) is 0 Å². The van der Waals surface area contributed by atoms with Crippen LogP contribution in [0.2, 0.25) is 0 Å². The molecule has 0 saturated carbocycles. The van der Waals surface area contributed by atoms with Gasteiger partial charge in [0.05, 0.1) is 6.33 Å². The molecule has 0 aliphatic carbocycles. The predicted octanol–water partition coefficient (Wildman–Crippen LogP) is 5.90. The molecule has 0 fully saturated rings. The maximum absolute atomic E-state index is 5.98. The summed E-state index contributed by atoms with van der Waals surface area (Å²) in [6.07, 6.45) is 7.78. The summed E-state index contributed by atoms with van der Waals surface area (Å²) < 4.78 is 14.0. The molecule has 0 unspecified atom stereocenters. The molecular formula is C26H23N3O2. The van der Waals surface area contributed by atoms with Crippen molar-refractivity contribution in [1.29, 1.82) is 0 Å². The first-order valence-corrected chi connectivity index (χ1v) is 10.5. The average molecular weight is 409 g/mol. The van der Waals surface area contributed by atoms with Crippen molar-refractivity contribution in [3.05, 3.63) is 103 Å².